The fraction of sp³-hybridized carbons (Fsp3) is 0.480. The predicted molar refractivity (Wildman–Crippen MR) is 118 cm³/mol. The highest BCUT2D eigenvalue weighted by atomic mass is 16.5. The molecular formula is C25H29N3O3. The number of carbonyl (C=O) groups is 2. The number of benzene rings is 1. The van der Waals surface area contributed by atoms with Crippen molar-refractivity contribution in [1.29, 1.82) is 0 Å². The molecule has 3 aliphatic rings. The van der Waals surface area contributed by atoms with Crippen LogP contribution in [0, 0.1) is 5.92 Å². The van der Waals surface area contributed by atoms with E-state index < -0.39 is 0 Å². The van der Waals surface area contributed by atoms with Gasteiger partial charge in [-0.05, 0) is 67.0 Å². The minimum Gasteiger partial charge on any atom is -0.376 e. The van der Waals surface area contributed by atoms with E-state index >= 15 is 0 Å². The lowest BCUT2D eigenvalue weighted by Gasteiger charge is -2.28. The topological polar surface area (TPSA) is 62.7 Å². The molecule has 0 saturated carbocycles. The quantitative estimate of drug-likeness (QED) is 0.722. The SMILES string of the molecule is O=C(C1CC(=O)N(c2ccc3c(c2)CCC3)C1)N(Cc1cccnc1)CC1CCCO1. The van der Waals surface area contributed by atoms with Crippen LogP contribution in [-0.4, -0.2) is 47.5 Å². The van der Waals surface area contributed by atoms with Gasteiger partial charge >= 0.3 is 0 Å². The lowest BCUT2D eigenvalue weighted by molar-refractivity contribution is -0.138. The number of pyridine rings is 1. The third-order valence-corrected chi connectivity index (χ3v) is 6.72. The van der Waals surface area contributed by atoms with Crippen LogP contribution in [0.15, 0.2) is 42.7 Å². The maximum Gasteiger partial charge on any atom is 0.228 e. The Hall–Kier alpha value is -2.73. The molecule has 0 spiro atoms. The summed E-state index contributed by atoms with van der Waals surface area (Å²) in [6.07, 6.45) is 9.27. The maximum absolute atomic E-state index is 13.5. The fourth-order valence-electron chi connectivity index (χ4n) is 5.09. The standard InChI is InChI=1S/C25H29N3O3/c29-24-13-21(16-28(24)22-9-8-19-5-1-6-20(19)12-22)25(30)27(17-23-7-3-11-31-23)15-18-4-2-10-26-14-18/h2,4,8-10,12,14,21,23H,1,3,5-7,11,13,15-17H2. The van der Waals surface area contributed by atoms with Crippen molar-refractivity contribution in [3.8, 4) is 0 Å². The number of fused-ring (bicyclic) bond motifs is 1. The van der Waals surface area contributed by atoms with E-state index in [4.69, 9.17) is 4.74 Å². The van der Waals surface area contributed by atoms with Crippen molar-refractivity contribution in [2.24, 2.45) is 5.92 Å². The summed E-state index contributed by atoms with van der Waals surface area (Å²) >= 11 is 0. The summed E-state index contributed by atoms with van der Waals surface area (Å²) in [6.45, 7) is 2.27. The molecule has 2 unspecified atom stereocenters. The number of nitrogens with zero attached hydrogens (tertiary/aromatic N) is 3. The molecule has 2 saturated heterocycles. The lowest BCUT2D eigenvalue weighted by Crippen LogP contribution is -2.41. The summed E-state index contributed by atoms with van der Waals surface area (Å²) in [6, 6.07) is 10.2. The van der Waals surface area contributed by atoms with E-state index in [9.17, 15) is 9.59 Å². The van der Waals surface area contributed by atoms with E-state index in [0.717, 1.165) is 43.5 Å². The molecule has 0 radical (unpaired) electrons. The van der Waals surface area contributed by atoms with E-state index in [-0.39, 0.29) is 30.3 Å². The predicted octanol–water partition coefficient (Wildman–Crippen LogP) is 3.13. The summed E-state index contributed by atoms with van der Waals surface area (Å²) in [4.78, 5) is 34.2. The van der Waals surface area contributed by atoms with Crippen molar-refractivity contribution in [3.05, 3.63) is 59.4 Å². The van der Waals surface area contributed by atoms with Crippen LogP contribution in [-0.2, 0) is 33.7 Å². The first-order valence-corrected chi connectivity index (χ1v) is 11.4. The number of rotatable bonds is 6. The highest BCUT2D eigenvalue weighted by Gasteiger charge is 2.38. The Kier molecular flexibility index (Phi) is 5.72. The normalized spacial score (nSPS) is 22.7. The average molecular weight is 420 g/mol. The number of hydrogen-bond donors (Lipinski definition) is 0. The van der Waals surface area contributed by atoms with Gasteiger partial charge in [0.05, 0.1) is 12.0 Å². The molecular weight excluding hydrogens is 390 g/mol. The summed E-state index contributed by atoms with van der Waals surface area (Å²) in [5, 5.41) is 0. The van der Waals surface area contributed by atoms with Crippen molar-refractivity contribution in [2.75, 3.05) is 24.6 Å². The minimum atomic E-state index is -0.321. The van der Waals surface area contributed by atoms with Crippen LogP contribution in [0.3, 0.4) is 0 Å². The number of anilines is 1. The fourth-order valence-corrected chi connectivity index (χ4v) is 5.09. The summed E-state index contributed by atoms with van der Waals surface area (Å²) in [7, 11) is 0. The highest BCUT2D eigenvalue weighted by Crippen LogP contribution is 2.31. The highest BCUT2D eigenvalue weighted by molar-refractivity contribution is 6.00. The Morgan fingerprint density at radius 2 is 2.10 bits per heavy atom. The van der Waals surface area contributed by atoms with Crippen molar-refractivity contribution >= 4 is 17.5 Å². The van der Waals surface area contributed by atoms with Gasteiger partial charge in [0, 0.05) is 50.7 Å². The van der Waals surface area contributed by atoms with Crippen molar-refractivity contribution < 1.29 is 14.3 Å². The van der Waals surface area contributed by atoms with Crippen LogP contribution >= 0.6 is 0 Å². The van der Waals surface area contributed by atoms with E-state index in [1.54, 1.807) is 17.3 Å². The minimum absolute atomic E-state index is 0.0368. The Bertz CT molecular complexity index is 956. The first kappa shape index (κ1) is 20.2. The second kappa shape index (κ2) is 8.79. The number of aromatic nitrogens is 1. The molecule has 1 aliphatic carbocycles. The zero-order chi connectivity index (χ0) is 21.2. The average Bonchev–Trinajstić information content (AvgIpc) is 3.54. The first-order chi connectivity index (χ1) is 15.2. The van der Waals surface area contributed by atoms with Crippen molar-refractivity contribution in [3.63, 3.8) is 0 Å². The lowest BCUT2D eigenvalue weighted by atomic mass is 10.1. The molecule has 0 bridgehead atoms. The van der Waals surface area contributed by atoms with Crippen molar-refractivity contribution in [1.82, 2.24) is 9.88 Å². The molecule has 1 aromatic heterocycles. The van der Waals surface area contributed by atoms with Crippen LogP contribution in [0.4, 0.5) is 5.69 Å². The van der Waals surface area contributed by atoms with Crippen LogP contribution in [0.2, 0.25) is 0 Å². The van der Waals surface area contributed by atoms with Crippen LogP contribution in [0.25, 0.3) is 0 Å². The van der Waals surface area contributed by atoms with Gasteiger partial charge in [-0.3, -0.25) is 14.6 Å². The third kappa shape index (κ3) is 4.35. The van der Waals surface area contributed by atoms with Gasteiger partial charge < -0.3 is 14.5 Å². The molecule has 1 aromatic carbocycles. The Morgan fingerprint density at radius 3 is 2.90 bits per heavy atom. The van der Waals surface area contributed by atoms with Gasteiger partial charge in [0.2, 0.25) is 11.8 Å². The smallest absolute Gasteiger partial charge is 0.228 e. The second-order valence-electron chi connectivity index (χ2n) is 8.93. The second-order valence-corrected chi connectivity index (χ2v) is 8.93. The molecule has 3 heterocycles. The molecule has 5 rings (SSSR count). The number of ether oxygens (including phenoxy) is 1. The van der Waals surface area contributed by atoms with Gasteiger partial charge in [0.15, 0.2) is 0 Å². The summed E-state index contributed by atoms with van der Waals surface area (Å²) < 4.78 is 5.80. The number of carbonyl (C=O) groups excluding carboxylic acids is 2. The Labute approximate surface area is 183 Å². The number of hydrogen-bond acceptors (Lipinski definition) is 4. The van der Waals surface area contributed by atoms with E-state index in [0.29, 0.717) is 19.6 Å². The van der Waals surface area contributed by atoms with Gasteiger partial charge in [0.25, 0.3) is 0 Å². The molecule has 2 aliphatic heterocycles. The number of amides is 2. The van der Waals surface area contributed by atoms with Crippen LogP contribution < -0.4 is 4.90 Å². The van der Waals surface area contributed by atoms with Gasteiger partial charge in [-0.1, -0.05) is 12.1 Å². The van der Waals surface area contributed by atoms with Crippen LogP contribution in [0.1, 0.15) is 42.4 Å². The van der Waals surface area contributed by atoms with E-state index in [2.05, 4.69) is 17.1 Å². The monoisotopic (exact) mass is 419 g/mol. The summed E-state index contributed by atoms with van der Waals surface area (Å²) in [5.74, 6) is -0.245. The van der Waals surface area contributed by atoms with Crippen LogP contribution in [0.5, 0.6) is 0 Å². The summed E-state index contributed by atoms with van der Waals surface area (Å²) in [5.41, 5.74) is 4.66. The van der Waals surface area contributed by atoms with Crippen molar-refractivity contribution in [2.45, 2.75) is 51.2 Å². The van der Waals surface area contributed by atoms with Gasteiger partial charge in [-0.25, -0.2) is 0 Å². The molecule has 2 amide bonds. The van der Waals surface area contributed by atoms with E-state index in [1.165, 1.54) is 17.5 Å². The first-order valence-electron chi connectivity index (χ1n) is 11.4. The molecule has 2 atom stereocenters. The largest absolute Gasteiger partial charge is 0.376 e. The zero-order valence-corrected chi connectivity index (χ0v) is 17.8. The van der Waals surface area contributed by atoms with E-state index in [1.807, 2.05) is 23.1 Å². The molecule has 31 heavy (non-hydrogen) atoms. The molecule has 0 N–H and O–H groups in total. The number of aryl methyl sites for hydroxylation is 2. The zero-order valence-electron chi connectivity index (χ0n) is 17.8. The molecule has 6 heteroatoms. The Balaban J connectivity index is 1.32. The van der Waals surface area contributed by atoms with Gasteiger partial charge in [0.1, 0.15) is 0 Å². The molecule has 2 fully saturated rings. The van der Waals surface area contributed by atoms with Gasteiger partial charge in [-0.2, -0.15) is 0 Å². The Morgan fingerprint density at radius 1 is 1.19 bits per heavy atom. The maximum atomic E-state index is 13.5. The third-order valence-electron chi connectivity index (χ3n) is 6.72. The molecule has 6 nitrogen and oxygen atoms in total. The van der Waals surface area contributed by atoms with Gasteiger partial charge in [-0.15, -0.1) is 0 Å². The molecule has 2 aromatic rings. The molecule has 162 valence electrons.